The van der Waals surface area contributed by atoms with E-state index in [1.54, 1.807) is 0 Å². The summed E-state index contributed by atoms with van der Waals surface area (Å²) in [5, 5.41) is 3.49. The number of halogens is 1. The molecule has 0 aliphatic carbocycles. The van der Waals surface area contributed by atoms with Crippen molar-refractivity contribution >= 4 is 27.7 Å². The lowest BCUT2D eigenvalue weighted by molar-refractivity contribution is 0.343. The molecule has 0 radical (unpaired) electrons. The van der Waals surface area contributed by atoms with Crippen molar-refractivity contribution in [3.63, 3.8) is 0 Å². The monoisotopic (exact) mass is 345 g/mol. The molecule has 1 aromatic rings. The van der Waals surface area contributed by atoms with E-state index in [1.807, 2.05) is 17.8 Å². The van der Waals surface area contributed by atoms with Crippen LogP contribution in [0.5, 0.6) is 5.75 Å². The van der Waals surface area contributed by atoms with Gasteiger partial charge in [0.25, 0.3) is 0 Å². The van der Waals surface area contributed by atoms with Gasteiger partial charge in [0.2, 0.25) is 0 Å². The second kappa shape index (κ2) is 8.18. The van der Waals surface area contributed by atoms with Crippen LogP contribution in [0.2, 0.25) is 0 Å². The molecule has 0 atom stereocenters. The van der Waals surface area contributed by atoms with Crippen molar-refractivity contribution < 1.29 is 4.74 Å². The highest BCUT2D eigenvalue weighted by molar-refractivity contribution is 9.10. The Kier molecular flexibility index (Phi) is 7.26. The normalized spacial score (nSPS) is 11.6. The Hall–Kier alpha value is -0.190. The summed E-state index contributed by atoms with van der Waals surface area (Å²) < 4.78 is 6.89. The minimum Gasteiger partial charge on any atom is -0.493 e. The van der Waals surface area contributed by atoms with E-state index < -0.39 is 0 Å². The van der Waals surface area contributed by atoms with E-state index in [1.165, 1.54) is 5.56 Å². The molecule has 4 heteroatoms. The molecule has 1 aromatic carbocycles. The first-order valence-electron chi connectivity index (χ1n) is 6.66. The lowest BCUT2D eigenvalue weighted by Crippen LogP contribution is -2.35. The van der Waals surface area contributed by atoms with Gasteiger partial charge in [-0.3, -0.25) is 0 Å². The van der Waals surface area contributed by atoms with Gasteiger partial charge in [0, 0.05) is 22.3 Å². The van der Waals surface area contributed by atoms with Gasteiger partial charge in [0.05, 0.1) is 6.61 Å². The number of hydrogen-bond donors (Lipinski definition) is 1. The molecule has 2 nitrogen and oxygen atoms in total. The molecule has 0 aromatic heterocycles. The molecule has 0 aliphatic heterocycles. The van der Waals surface area contributed by atoms with Gasteiger partial charge in [-0.1, -0.05) is 22.9 Å². The molecule has 19 heavy (non-hydrogen) atoms. The molecule has 0 heterocycles. The Balaban J connectivity index is 2.56. The molecule has 0 saturated carbocycles. The molecule has 1 N–H and O–H groups in total. The molecule has 0 amide bonds. The minimum atomic E-state index is 0.119. The second-order valence-electron chi connectivity index (χ2n) is 5.40. The maximum Gasteiger partial charge on any atom is 0.119 e. The highest BCUT2D eigenvalue weighted by Gasteiger charge is 2.10. The van der Waals surface area contributed by atoms with Gasteiger partial charge in [-0.05, 0) is 50.3 Å². The molecule has 0 aliphatic rings. The minimum absolute atomic E-state index is 0.119. The quantitative estimate of drug-likeness (QED) is 0.736. The maximum atomic E-state index is 5.77. The third-order valence-corrected chi connectivity index (χ3v) is 4.16. The fourth-order valence-electron chi connectivity index (χ4n) is 1.50. The van der Waals surface area contributed by atoms with Gasteiger partial charge in [-0.15, -0.1) is 0 Å². The van der Waals surface area contributed by atoms with Crippen LogP contribution in [0, 0.1) is 0 Å². The first kappa shape index (κ1) is 16.9. The summed E-state index contributed by atoms with van der Waals surface area (Å²) in [5.74, 6) is 3.14. The molecule has 0 spiro atoms. The smallest absolute Gasteiger partial charge is 0.119 e. The van der Waals surface area contributed by atoms with E-state index in [0.717, 1.165) is 34.9 Å². The molecule has 0 fully saturated rings. The van der Waals surface area contributed by atoms with Crippen LogP contribution < -0.4 is 10.1 Å². The van der Waals surface area contributed by atoms with E-state index in [0.29, 0.717) is 0 Å². The number of rotatable bonds is 7. The Bertz CT molecular complexity index is 390. The molecular weight excluding hydrogens is 322 g/mol. The van der Waals surface area contributed by atoms with E-state index >= 15 is 0 Å². The lowest BCUT2D eigenvalue weighted by Gasteiger charge is -2.21. The molecule has 0 bridgehead atoms. The summed E-state index contributed by atoms with van der Waals surface area (Å²) >= 11 is 5.49. The van der Waals surface area contributed by atoms with Crippen LogP contribution in [-0.4, -0.2) is 23.7 Å². The number of nitrogens with one attached hydrogen (secondary N) is 1. The van der Waals surface area contributed by atoms with Crippen molar-refractivity contribution in [1.82, 2.24) is 5.32 Å². The molecule has 0 unspecified atom stereocenters. The number of thioether (sulfide) groups is 1. The molecule has 0 saturated heterocycles. The first-order chi connectivity index (χ1) is 8.92. The summed E-state index contributed by atoms with van der Waals surface area (Å²) in [6.45, 7) is 10.3. The Labute approximate surface area is 129 Å². The predicted octanol–water partition coefficient (Wildman–Crippen LogP) is 4.47. The zero-order valence-electron chi connectivity index (χ0n) is 12.3. The molecule has 108 valence electrons. The van der Waals surface area contributed by atoms with Crippen molar-refractivity contribution in [3.8, 4) is 5.75 Å². The van der Waals surface area contributed by atoms with Crippen molar-refractivity contribution in [2.75, 3.05) is 18.1 Å². The standard InChI is InChI=1S/C15H24BrNOS/c1-5-19-9-8-18-13-6-7-14(16)12(10-13)11-17-15(2,3)4/h6-7,10,17H,5,8-9,11H2,1-4H3. The van der Waals surface area contributed by atoms with Crippen LogP contribution in [-0.2, 0) is 6.54 Å². The zero-order valence-corrected chi connectivity index (χ0v) is 14.7. The van der Waals surface area contributed by atoms with Crippen LogP contribution in [0.4, 0.5) is 0 Å². The van der Waals surface area contributed by atoms with Gasteiger partial charge >= 0.3 is 0 Å². The van der Waals surface area contributed by atoms with Crippen LogP contribution in [0.15, 0.2) is 22.7 Å². The lowest BCUT2D eigenvalue weighted by atomic mass is 10.1. The van der Waals surface area contributed by atoms with Crippen molar-refractivity contribution in [2.24, 2.45) is 0 Å². The number of ether oxygens (including phenoxy) is 1. The average molecular weight is 346 g/mol. The van der Waals surface area contributed by atoms with E-state index in [2.05, 4.69) is 61.1 Å². The Morgan fingerprint density at radius 1 is 1.32 bits per heavy atom. The fourth-order valence-corrected chi connectivity index (χ4v) is 2.38. The SMILES string of the molecule is CCSCCOc1ccc(Br)c(CNC(C)(C)C)c1. The van der Waals surface area contributed by atoms with Crippen LogP contribution >= 0.6 is 27.7 Å². The summed E-state index contributed by atoms with van der Waals surface area (Å²) in [6, 6.07) is 6.18. The largest absolute Gasteiger partial charge is 0.493 e. The van der Waals surface area contributed by atoms with E-state index in [-0.39, 0.29) is 5.54 Å². The summed E-state index contributed by atoms with van der Waals surface area (Å²) in [7, 11) is 0. The second-order valence-corrected chi connectivity index (χ2v) is 7.65. The van der Waals surface area contributed by atoms with Gasteiger partial charge in [0.1, 0.15) is 5.75 Å². The Morgan fingerprint density at radius 3 is 2.68 bits per heavy atom. The third-order valence-electron chi connectivity index (χ3n) is 2.53. The Morgan fingerprint density at radius 2 is 2.05 bits per heavy atom. The third kappa shape index (κ3) is 7.23. The topological polar surface area (TPSA) is 21.3 Å². The first-order valence-corrected chi connectivity index (χ1v) is 8.61. The predicted molar refractivity (Wildman–Crippen MR) is 89.2 cm³/mol. The molecule has 1 rings (SSSR count). The van der Waals surface area contributed by atoms with Crippen LogP contribution in [0.3, 0.4) is 0 Å². The average Bonchev–Trinajstić information content (AvgIpc) is 2.34. The number of hydrogen-bond acceptors (Lipinski definition) is 3. The summed E-state index contributed by atoms with van der Waals surface area (Å²) in [6.07, 6.45) is 0. The summed E-state index contributed by atoms with van der Waals surface area (Å²) in [5.41, 5.74) is 1.35. The van der Waals surface area contributed by atoms with Crippen molar-refractivity contribution in [1.29, 1.82) is 0 Å². The van der Waals surface area contributed by atoms with Crippen molar-refractivity contribution in [3.05, 3.63) is 28.2 Å². The van der Waals surface area contributed by atoms with Gasteiger partial charge in [-0.25, -0.2) is 0 Å². The number of benzene rings is 1. The van der Waals surface area contributed by atoms with Crippen LogP contribution in [0.25, 0.3) is 0 Å². The maximum absolute atomic E-state index is 5.77. The highest BCUT2D eigenvalue weighted by Crippen LogP contribution is 2.23. The van der Waals surface area contributed by atoms with Crippen LogP contribution in [0.1, 0.15) is 33.3 Å². The van der Waals surface area contributed by atoms with Gasteiger partial charge in [-0.2, -0.15) is 11.8 Å². The van der Waals surface area contributed by atoms with Gasteiger partial charge < -0.3 is 10.1 Å². The summed E-state index contributed by atoms with van der Waals surface area (Å²) in [4.78, 5) is 0. The van der Waals surface area contributed by atoms with E-state index in [9.17, 15) is 0 Å². The van der Waals surface area contributed by atoms with Crippen molar-refractivity contribution in [2.45, 2.75) is 39.8 Å². The zero-order chi connectivity index (χ0) is 14.3. The highest BCUT2D eigenvalue weighted by atomic mass is 79.9. The van der Waals surface area contributed by atoms with E-state index in [4.69, 9.17) is 4.74 Å². The molecular formula is C15H24BrNOS. The fraction of sp³-hybridized carbons (Fsp3) is 0.600. The van der Waals surface area contributed by atoms with Gasteiger partial charge in [0.15, 0.2) is 0 Å².